The van der Waals surface area contributed by atoms with Crippen LogP contribution in [-0.4, -0.2) is 64.3 Å². The van der Waals surface area contributed by atoms with Crippen molar-refractivity contribution in [3.63, 3.8) is 0 Å². The second-order valence-electron chi connectivity index (χ2n) is 7.21. The summed E-state index contributed by atoms with van der Waals surface area (Å²) in [6.07, 6.45) is 0. The number of benzene rings is 2. The van der Waals surface area contributed by atoms with Crippen LogP contribution in [0.25, 0.3) is 5.57 Å². The minimum atomic E-state index is -0.353. The fraction of sp³-hybridized carbons (Fsp3) is 0.333. The van der Waals surface area contributed by atoms with Crippen LogP contribution in [0.2, 0.25) is 0 Å². The molecule has 0 fully saturated rings. The Morgan fingerprint density at radius 2 is 1.52 bits per heavy atom. The Kier molecular flexibility index (Phi) is 7.44. The largest absolute Gasteiger partial charge is 0.497 e. The van der Waals surface area contributed by atoms with Crippen LogP contribution in [0, 0.1) is 6.92 Å². The summed E-state index contributed by atoms with van der Waals surface area (Å²) in [5.41, 5.74) is 2.89. The predicted molar refractivity (Wildman–Crippen MR) is 119 cm³/mol. The topological polar surface area (TPSA) is 68.3 Å². The maximum atomic E-state index is 13.6. The summed E-state index contributed by atoms with van der Waals surface area (Å²) in [5.74, 6) is -0.0296. The highest BCUT2D eigenvalue weighted by molar-refractivity contribution is 6.45. The first-order valence-corrected chi connectivity index (χ1v) is 10.1. The van der Waals surface area contributed by atoms with E-state index in [9.17, 15) is 9.59 Å². The lowest BCUT2D eigenvalue weighted by Crippen LogP contribution is -2.37. The average Bonchev–Trinajstić information content (AvgIpc) is 3.04. The zero-order valence-corrected chi connectivity index (χ0v) is 18.4. The minimum absolute atomic E-state index is 0.351. The number of aryl methyl sites for hydroxylation is 1. The summed E-state index contributed by atoms with van der Waals surface area (Å²) in [5, 5.41) is 0. The molecule has 0 N–H and O–H groups in total. The quantitative estimate of drug-likeness (QED) is 0.547. The van der Waals surface area contributed by atoms with Gasteiger partial charge < -0.3 is 19.1 Å². The van der Waals surface area contributed by atoms with Crippen LogP contribution in [0.3, 0.4) is 0 Å². The summed E-state index contributed by atoms with van der Waals surface area (Å²) < 4.78 is 15.7. The third-order valence-electron chi connectivity index (χ3n) is 5.14. The monoisotopic (exact) mass is 424 g/mol. The molecule has 2 amide bonds. The summed E-state index contributed by atoms with van der Waals surface area (Å²) in [6.45, 7) is 3.66. The maximum absolute atomic E-state index is 13.6. The second kappa shape index (κ2) is 10.2. The molecular weight excluding hydrogens is 396 g/mol. The van der Waals surface area contributed by atoms with Gasteiger partial charge in [0.15, 0.2) is 0 Å². The van der Waals surface area contributed by atoms with Crippen LogP contribution >= 0.6 is 0 Å². The number of hydrogen-bond donors (Lipinski definition) is 0. The molecule has 164 valence electrons. The van der Waals surface area contributed by atoms with Crippen LogP contribution in [0.4, 0.5) is 5.69 Å². The van der Waals surface area contributed by atoms with E-state index in [1.807, 2.05) is 30.0 Å². The van der Waals surface area contributed by atoms with Gasteiger partial charge in [0, 0.05) is 27.3 Å². The molecular formula is C24H28N2O5. The molecule has 2 aromatic carbocycles. The van der Waals surface area contributed by atoms with Crippen molar-refractivity contribution in [3.8, 4) is 5.75 Å². The van der Waals surface area contributed by atoms with E-state index in [-0.39, 0.29) is 11.8 Å². The molecule has 2 aromatic rings. The van der Waals surface area contributed by atoms with E-state index < -0.39 is 0 Å². The number of hydrogen-bond acceptors (Lipinski definition) is 6. The van der Waals surface area contributed by atoms with Gasteiger partial charge in [-0.2, -0.15) is 0 Å². The molecule has 0 unspecified atom stereocenters. The number of rotatable bonds is 10. The number of carbonyl (C=O) groups excluding carboxylic acids is 2. The Morgan fingerprint density at radius 1 is 0.871 bits per heavy atom. The van der Waals surface area contributed by atoms with Gasteiger partial charge in [-0.05, 0) is 42.3 Å². The number of amides is 2. The first-order chi connectivity index (χ1) is 15.0. The molecule has 0 bridgehead atoms. The molecule has 7 nitrogen and oxygen atoms in total. The molecule has 1 aliphatic heterocycles. The van der Waals surface area contributed by atoms with E-state index in [0.717, 1.165) is 5.56 Å². The fourth-order valence-corrected chi connectivity index (χ4v) is 3.57. The smallest absolute Gasteiger partial charge is 0.282 e. The van der Waals surface area contributed by atoms with Crippen LogP contribution in [0.5, 0.6) is 5.75 Å². The standard InChI is InChI=1S/C24H28N2O5/c1-17-6-5-7-19(16-17)26-23(27)21(18-8-10-20(31-4)11-9-18)22(24(26)28)25(12-14-29-2)13-15-30-3/h5-11,16H,12-15H2,1-4H3. The van der Waals surface area contributed by atoms with Crippen molar-refractivity contribution < 1.29 is 23.8 Å². The SMILES string of the molecule is COCCN(CCOC)C1=C(c2ccc(OC)cc2)C(=O)N(c2cccc(C)c2)C1=O. The van der Waals surface area contributed by atoms with Gasteiger partial charge in [0.05, 0.1) is 31.6 Å². The third-order valence-corrected chi connectivity index (χ3v) is 5.14. The van der Waals surface area contributed by atoms with Crippen molar-refractivity contribution in [1.82, 2.24) is 4.90 Å². The number of anilines is 1. The fourth-order valence-electron chi connectivity index (χ4n) is 3.57. The predicted octanol–water partition coefficient (Wildman–Crippen LogP) is 2.88. The Labute approximate surface area is 182 Å². The van der Waals surface area contributed by atoms with Crippen molar-refractivity contribution in [2.75, 3.05) is 52.5 Å². The van der Waals surface area contributed by atoms with Crippen molar-refractivity contribution in [2.45, 2.75) is 6.92 Å². The van der Waals surface area contributed by atoms with Gasteiger partial charge in [-0.15, -0.1) is 0 Å². The van der Waals surface area contributed by atoms with Crippen molar-refractivity contribution in [1.29, 1.82) is 0 Å². The Balaban J connectivity index is 2.12. The van der Waals surface area contributed by atoms with E-state index in [1.54, 1.807) is 51.7 Å². The number of nitrogens with zero attached hydrogens (tertiary/aromatic N) is 2. The van der Waals surface area contributed by atoms with Gasteiger partial charge in [-0.1, -0.05) is 24.3 Å². The summed E-state index contributed by atoms with van der Waals surface area (Å²) in [7, 11) is 4.79. The van der Waals surface area contributed by atoms with E-state index in [4.69, 9.17) is 14.2 Å². The lowest BCUT2D eigenvalue weighted by Gasteiger charge is -2.25. The minimum Gasteiger partial charge on any atom is -0.497 e. The summed E-state index contributed by atoms with van der Waals surface area (Å²) >= 11 is 0. The van der Waals surface area contributed by atoms with Crippen molar-refractivity contribution >= 4 is 23.1 Å². The molecule has 1 aliphatic rings. The first kappa shape index (κ1) is 22.5. The first-order valence-electron chi connectivity index (χ1n) is 10.1. The number of imide groups is 1. The molecule has 0 spiro atoms. The Hall–Kier alpha value is -3.16. The maximum Gasteiger partial charge on any atom is 0.282 e. The number of carbonyl (C=O) groups is 2. The number of ether oxygens (including phenoxy) is 3. The molecule has 31 heavy (non-hydrogen) atoms. The highest BCUT2D eigenvalue weighted by Crippen LogP contribution is 2.35. The molecule has 0 radical (unpaired) electrons. The lowest BCUT2D eigenvalue weighted by atomic mass is 10.0. The summed E-state index contributed by atoms with van der Waals surface area (Å²) in [4.78, 5) is 30.3. The molecule has 0 aliphatic carbocycles. The van der Waals surface area contributed by atoms with Crippen LogP contribution < -0.4 is 9.64 Å². The van der Waals surface area contributed by atoms with Gasteiger partial charge in [-0.3, -0.25) is 9.59 Å². The van der Waals surface area contributed by atoms with Gasteiger partial charge >= 0.3 is 0 Å². The molecule has 0 saturated carbocycles. The van der Waals surface area contributed by atoms with Gasteiger partial charge in [0.25, 0.3) is 11.8 Å². The van der Waals surface area contributed by atoms with Crippen LogP contribution in [-0.2, 0) is 19.1 Å². The van der Waals surface area contributed by atoms with Crippen LogP contribution in [0.1, 0.15) is 11.1 Å². The lowest BCUT2D eigenvalue weighted by molar-refractivity contribution is -0.120. The molecule has 1 heterocycles. The average molecular weight is 424 g/mol. The van der Waals surface area contributed by atoms with Crippen molar-refractivity contribution in [3.05, 3.63) is 65.4 Å². The molecule has 7 heteroatoms. The van der Waals surface area contributed by atoms with E-state index in [1.165, 1.54) is 4.90 Å². The highest BCUT2D eigenvalue weighted by atomic mass is 16.5. The zero-order chi connectivity index (χ0) is 22.4. The van der Waals surface area contributed by atoms with E-state index in [0.29, 0.717) is 54.6 Å². The number of methoxy groups -OCH3 is 3. The van der Waals surface area contributed by atoms with Gasteiger partial charge in [0.1, 0.15) is 11.4 Å². The zero-order valence-electron chi connectivity index (χ0n) is 18.4. The van der Waals surface area contributed by atoms with Crippen LogP contribution in [0.15, 0.2) is 54.2 Å². The van der Waals surface area contributed by atoms with E-state index >= 15 is 0 Å². The van der Waals surface area contributed by atoms with Crippen molar-refractivity contribution in [2.24, 2.45) is 0 Å². The molecule has 0 saturated heterocycles. The summed E-state index contributed by atoms with van der Waals surface area (Å²) in [6, 6.07) is 14.5. The molecule has 0 aromatic heterocycles. The molecule has 0 atom stereocenters. The highest BCUT2D eigenvalue weighted by Gasteiger charge is 2.42. The normalized spacial score (nSPS) is 13.9. The Morgan fingerprint density at radius 3 is 2.06 bits per heavy atom. The van der Waals surface area contributed by atoms with E-state index in [2.05, 4.69) is 0 Å². The third kappa shape index (κ3) is 4.78. The van der Waals surface area contributed by atoms with Gasteiger partial charge in [-0.25, -0.2) is 4.90 Å². The van der Waals surface area contributed by atoms with Gasteiger partial charge in [0.2, 0.25) is 0 Å². The molecule has 3 rings (SSSR count). The Bertz CT molecular complexity index is 960. The second-order valence-corrected chi connectivity index (χ2v) is 7.21.